The molecule has 0 aliphatic heterocycles. The highest BCUT2D eigenvalue weighted by molar-refractivity contribution is 6.05. The lowest BCUT2D eigenvalue weighted by atomic mass is 10.1. The van der Waals surface area contributed by atoms with Crippen LogP contribution in [0.3, 0.4) is 0 Å². The minimum atomic E-state index is -0.234. The molecule has 0 saturated carbocycles. The second-order valence-electron chi connectivity index (χ2n) is 6.20. The van der Waals surface area contributed by atoms with E-state index in [9.17, 15) is 4.79 Å². The van der Waals surface area contributed by atoms with Crippen molar-refractivity contribution < 1.29 is 14.3 Å². The van der Waals surface area contributed by atoms with Crippen LogP contribution in [-0.4, -0.2) is 30.1 Å². The van der Waals surface area contributed by atoms with Crippen LogP contribution in [0.1, 0.15) is 10.4 Å². The van der Waals surface area contributed by atoms with Crippen LogP contribution in [0.2, 0.25) is 0 Å². The van der Waals surface area contributed by atoms with E-state index in [1.165, 1.54) is 0 Å². The molecule has 1 aromatic heterocycles. The summed E-state index contributed by atoms with van der Waals surface area (Å²) in [6.07, 6.45) is 0. The summed E-state index contributed by atoms with van der Waals surface area (Å²) in [6.45, 7) is 0. The average molecular weight is 410 g/mol. The number of hydrogen-bond donors (Lipinski definition) is 2. The van der Waals surface area contributed by atoms with E-state index >= 15 is 0 Å². The summed E-state index contributed by atoms with van der Waals surface area (Å²) in [6, 6.07) is 20.3. The number of para-hydroxylation sites is 2. The summed E-state index contributed by atoms with van der Waals surface area (Å²) in [5, 5.41) is 2.91. The summed E-state index contributed by atoms with van der Waals surface area (Å²) in [4.78, 5) is 20.5. The van der Waals surface area contributed by atoms with E-state index in [-0.39, 0.29) is 18.3 Å². The molecule has 148 valence electrons. The first-order valence-corrected chi connectivity index (χ1v) is 8.76. The number of anilines is 1. The molecule has 0 atom stereocenters. The van der Waals surface area contributed by atoms with Crippen LogP contribution < -0.4 is 14.8 Å². The number of nitrogens with zero attached hydrogens (tertiary/aromatic N) is 1. The fourth-order valence-electron chi connectivity index (χ4n) is 2.98. The predicted octanol–water partition coefficient (Wildman–Crippen LogP) is 4.92. The Labute approximate surface area is 174 Å². The topological polar surface area (TPSA) is 76.2 Å². The lowest BCUT2D eigenvalue weighted by Crippen LogP contribution is -2.12. The maximum Gasteiger partial charge on any atom is 0.255 e. The highest BCUT2D eigenvalue weighted by Gasteiger charge is 2.13. The van der Waals surface area contributed by atoms with Crippen LogP contribution in [-0.2, 0) is 0 Å². The van der Waals surface area contributed by atoms with Crippen molar-refractivity contribution in [2.75, 3.05) is 19.5 Å². The van der Waals surface area contributed by atoms with E-state index in [0.29, 0.717) is 22.7 Å². The number of ether oxygens (including phenoxy) is 2. The molecule has 0 radical (unpaired) electrons. The molecule has 0 aliphatic rings. The van der Waals surface area contributed by atoms with E-state index in [0.717, 1.165) is 22.4 Å². The molecule has 0 fully saturated rings. The lowest BCUT2D eigenvalue weighted by Gasteiger charge is -2.12. The largest absolute Gasteiger partial charge is 0.497 e. The normalized spacial score (nSPS) is 10.3. The monoisotopic (exact) mass is 409 g/mol. The van der Waals surface area contributed by atoms with Gasteiger partial charge in [-0.3, -0.25) is 4.79 Å². The molecule has 3 aromatic carbocycles. The number of carbonyl (C=O) groups is 1. The molecule has 0 spiro atoms. The molecule has 0 unspecified atom stereocenters. The van der Waals surface area contributed by atoms with Gasteiger partial charge in [0.2, 0.25) is 0 Å². The van der Waals surface area contributed by atoms with Crippen LogP contribution in [0, 0.1) is 0 Å². The number of methoxy groups -OCH3 is 2. The van der Waals surface area contributed by atoms with Crippen molar-refractivity contribution >= 4 is 35.0 Å². The van der Waals surface area contributed by atoms with Gasteiger partial charge in [-0.2, -0.15) is 0 Å². The maximum atomic E-state index is 12.6. The van der Waals surface area contributed by atoms with E-state index in [1.807, 2.05) is 42.5 Å². The van der Waals surface area contributed by atoms with Gasteiger partial charge in [0.15, 0.2) is 0 Å². The Kier molecular flexibility index (Phi) is 6.04. The molecule has 0 aliphatic carbocycles. The highest BCUT2D eigenvalue weighted by atomic mass is 35.5. The number of rotatable bonds is 5. The molecule has 29 heavy (non-hydrogen) atoms. The second kappa shape index (κ2) is 8.67. The van der Waals surface area contributed by atoms with Gasteiger partial charge in [0.25, 0.3) is 5.91 Å². The number of halogens is 1. The third-order valence-corrected chi connectivity index (χ3v) is 4.46. The predicted molar refractivity (Wildman–Crippen MR) is 116 cm³/mol. The van der Waals surface area contributed by atoms with Crippen molar-refractivity contribution in [3.8, 4) is 22.9 Å². The van der Waals surface area contributed by atoms with E-state index in [2.05, 4.69) is 15.3 Å². The van der Waals surface area contributed by atoms with Crippen molar-refractivity contribution in [1.82, 2.24) is 9.97 Å². The zero-order chi connectivity index (χ0) is 19.5. The standard InChI is InChI=1S/C22H19N3O3.ClH/c1-27-16-10-7-14(8-11-16)22(26)25-19-13-15(9-12-20(19)28-2)21-23-17-5-3-4-6-18(17)24-21;/h3-13H,1-2H3,(H,23,24)(H,25,26);1H. The van der Waals surface area contributed by atoms with Crippen LogP contribution >= 0.6 is 12.4 Å². The minimum Gasteiger partial charge on any atom is -0.497 e. The van der Waals surface area contributed by atoms with Crippen molar-refractivity contribution in [2.45, 2.75) is 0 Å². The first-order chi connectivity index (χ1) is 13.7. The quantitative estimate of drug-likeness (QED) is 0.490. The molecule has 1 heterocycles. The number of aromatic amines is 1. The molecule has 6 nitrogen and oxygen atoms in total. The number of amides is 1. The summed E-state index contributed by atoms with van der Waals surface area (Å²) in [7, 11) is 3.16. The molecular weight excluding hydrogens is 390 g/mol. The molecule has 7 heteroatoms. The molecule has 2 N–H and O–H groups in total. The Balaban J connectivity index is 0.00000240. The molecule has 4 rings (SSSR count). The molecule has 1 amide bonds. The Bertz CT molecular complexity index is 1110. The third kappa shape index (κ3) is 4.17. The number of imidazole rings is 1. The molecule has 0 bridgehead atoms. The molecule has 0 saturated heterocycles. The van der Waals surface area contributed by atoms with Gasteiger partial charge in [-0.1, -0.05) is 12.1 Å². The number of carbonyl (C=O) groups excluding carboxylic acids is 1. The smallest absolute Gasteiger partial charge is 0.255 e. The van der Waals surface area contributed by atoms with E-state index in [1.54, 1.807) is 38.5 Å². The number of aromatic nitrogens is 2. The van der Waals surface area contributed by atoms with Crippen LogP contribution in [0.4, 0.5) is 5.69 Å². The van der Waals surface area contributed by atoms with Gasteiger partial charge in [0, 0.05) is 11.1 Å². The van der Waals surface area contributed by atoms with Gasteiger partial charge in [-0.05, 0) is 54.6 Å². The average Bonchev–Trinajstić information content (AvgIpc) is 3.18. The van der Waals surface area contributed by atoms with Gasteiger partial charge in [-0.25, -0.2) is 4.98 Å². The van der Waals surface area contributed by atoms with Gasteiger partial charge < -0.3 is 19.8 Å². The van der Waals surface area contributed by atoms with Crippen molar-refractivity contribution in [1.29, 1.82) is 0 Å². The van der Waals surface area contributed by atoms with Gasteiger partial charge in [0.1, 0.15) is 17.3 Å². The summed E-state index contributed by atoms with van der Waals surface area (Å²) in [5.74, 6) is 1.76. The number of fused-ring (bicyclic) bond motifs is 1. The number of benzene rings is 3. The van der Waals surface area contributed by atoms with Crippen LogP contribution in [0.15, 0.2) is 66.7 Å². The zero-order valence-corrected chi connectivity index (χ0v) is 16.7. The lowest BCUT2D eigenvalue weighted by molar-refractivity contribution is 0.102. The Morgan fingerprint density at radius 1 is 0.966 bits per heavy atom. The second-order valence-corrected chi connectivity index (χ2v) is 6.20. The third-order valence-electron chi connectivity index (χ3n) is 4.46. The van der Waals surface area contributed by atoms with Gasteiger partial charge >= 0.3 is 0 Å². The number of H-pyrrole nitrogens is 1. The minimum absolute atomic E-state index is 0. The number of nitrogens with one attached hydrogen (secondary N) is 2. The molecular formula is C22H20ClN3O3. The summed E-state index contributed by atoms with van der Waals surface area (Å²) < 4.78 is 10.5. The summed E-state index contributed by atoms with van der Waals surface area (Å²) in [5.41, 5.74) is 3.79. The van der Waals surface area contributed by atoms with Gasteiger partial charge in [-0.15, -0.1) is 12.4 Å². The Morgan fingerprint density at radius 2 is 1.72 bits per heavy atom. The highest BCUT2D eigenvalue weighted by Crippen LogP contribution is 2.31. The Morgan fingerprint density at radius 3 is 2.41 bits per heavy atom. The van der Waals surface area contributed by atoms with Crippen molar-refractivity contribution in [3.05, 3.63) is 72.3 Å². The van der Waals surface area contributed by atoms with Crippen molar-refractivity contribution in [3.63, 3.8) is 0 Å². The fourth-order valence-corrected chi connectivity index (χ4v) is 2.98. The maximum absolute atomic E-state index is 12.6. The first kappa shape index (κ1) is 20.2. The van der Waals surface area contributed by atoms with E-state index in [4.69, 9.17) is 9.47 Å². The fraction of sp³-hybridized carbons (Fsp3) is 0.0909. The summed E-state index contributed by atoms with van der Waals surface area (Å²) >= 11 is 0. The van der Waals surface area contributed by atoms with Gasteiger partial charge in [0.05, 0.1) is 30.9 Å². The number of hydrogen-bond acceptors (Lipinski definition) is 4. The van der Waals surface area contributed by atoms with Crippen LogP contribution in [0.25, 0.3) is 22.4 Å². The SMILES string of the molecule is COc1ccc(C(=O)Nc2cc(-c3nc4ccccc4[nH]3)ccc2OC)cc1.Cl. The molecule has 4 aromatic rings. The van der Waals surface area contributed by atoms with Crippen LogP contribution in [0.5, 0.6) is 11.5 Å². The Hall–Kier alpha value is -3.51. The first-order valence-electron chi connectivity index (χ1n) is 8.76. The van der Waals surface area contributed by atoms with E-state index < -0.39 is 0 Å². The van der Waals surface area contributed by atoms with Crippen molar-refractivity contribution in [2.24, 2.45) is 0 Å². The zero-order valence-electron chi connectivity index (χ0n) is 15.9.